The summed E-state index contributed by atoms with van der Waals surface area (Å²) in [6.45, 7) is 1.84. The molecule has 0 saturated heterocycles. The van der Waals surface area contributed by atoms with Crippen molar-refractivity contribution in [1.82, 2.24) is 5.32 Å². The van der Waals surface area contributed by atoms with Crippen molar-refractivity contribution in [1.29, 1.82) is 0 Å². The zero-order valence-electron chi connectivity index (χ0n) is 11.8. The number of hydrogen-bond donors (Lipinski definition) is 3. The molecule has 8 heteroatoms. The van der Waals surface area contributed by atoms with Crippen LogP contribution in [0.25, 0.3) is 0 Å². The van der Waals surface area contributed by atoms with E-state index in [9.17, 15) is 9.90 Å². The lowest BCUT2D eigenvalue weighted by molar-refractivity contribution is 0.0977. The Morgan fingerprint density at radius 2 is 1.83 bits per heavy atom. The number of phenolic OH excluding ortho intramolecular Hbond substituents is 1. The molecule has 0 aliphatic carbocycles. The van der Waals surface area contributed by atoms with E-state index in [1.54, 1.807) is 18.2 Å². The van der Waals surface area contributed by atoms with Crippen molar-refractivity contribution >= 4 is 63.7 Å². The fraction of sp³-hybridized carbons (Fsp3) is 0.0667. The molecule has 3 N–H and O–H groups in total. The summed E-state index contributed by atoms with van der Waals surface area (Å²) in [6.07, 6.45) is 0. The van der Waals surface area contributed by atoms with E-state index < -0.39 is 5.91 Å². The van der Waals surface area contributed by atoms with E-state index in [1.807, 2.05) is 6.92 Å². The van der Waals surface area contributed by atoms with Gasteiger partial charge in [0.05, 0.1) is 10.7 Å². The molecule has 0 aromatic heterocycles. The number of aryl methyl sites for hydroxylation is 1. The van der Waals surface area contributed by atoms with E-state index in [4.69, 9.17) is 47.0 Å². The largest absolute Gasteiger partial charge is 0.504 e. The van der Waals surface area contributed by atoms with Gasteiger partial charge in [-0.05, 0) is 49.0 Å². The molecule has 0 saturated carbocycles. The van der Waals surface area contributed by atoms with Crippen LogP contribution in [0.3, 0.4) is 0 Å². The monoisotopic (exact) mass is 388 g/mol. The SMILES string of the molecule is Cc1ccc(C(=O)NC(=S)Nc2cc(Cl)cc(Cl)c2O)cc1Cl. The summed E-state index contributed by atoms with van der Waals surface area (Å²) in [7, 11) is 0. The van der Waals surface area contributed by atoms with E-state index in [-0.39, 0.29) is 21.6 Å². The molecule has 0 unspecified atom stereocenters. The molecule has 0 atom stereocenters. The molecule has 2 aromatic carbocycles. The second-order valence-corrected chi connectivity index (χ2v) is 6.32. The number of amides is 1. The Hall–Kier alpha value is -1.53. The third kappa shape index (κ3) is 4.48. The van der Waals surface area contributed by atoms with Gasteiger partial charge >= 0.3 is 0 Å². The molecule has 0 spiro atoms. The second kappa shape index (κ2) is 7.36. The number of carbonyl (C=O) groups excluding carboxylic acids is 1. The predicted molar refractivity (Wildman–Crippen MR) is 98.0 cm³/mol. The summed E-state index contributed by atoms with van der Waals surface area (Å²) in [4.78, 5) is 12.1. The van der Waals surface area contributed by atoms with Gasteiger partial charge in [0, 0.05) is 15.6 Å². The molecular weight excluding hydrogens is 379 g/mol. The molecule has 0 radical (unpaired) electrons. The van der Waals surface area contributed by atoms with Gasteiger partial charge in [0.1, 0.15) is 0 Å². The molecule has 120 valence electrons. The summed E-state index contributed by atoms with van der Waals surface area (Å²) in [5, 5.41) is 15.8. The van der Waals surface area contributed by atoms with Crippen LogP contribution in [0, 0.1) is 6.92 Å². The summed E-state index contributed by atoms with van der Waals surface area (Å²) in [5.41, 5.74) is 1.41. The third-order valence-electron chi connectivity index (χ3n) is 2.94. The summed E-state index contributed by atoms with van der Waals surface area (Å²) in [6, 6.07) is 7.73. The number of nitrogens with one attached hydrogen (secondary N) is 2. The molecule has 23 heavy (non-hydrogen) atoms. The van der Waals surface area contributed by atoms with E-state index >= 15 is 0 Å². The van der Waals surface area contributed by atoms with Crippen LogP contribution in [0.2, 0.25) is 15.1 Å². The van der Waals surface area contributed by atoms with Crippen molar-refractivity contribution in [2.24, 2.45) is 0 Å². The summed E-state index contributed by atoms with van der Waals surface area (Å²) < 4.78 is 0. The summed E-state index contributed by atoms with van der Waals surface area (Å²) in [5.74, 6) is -0.650. The minimum absolute atomic E-state index is 0.0136. The molecule has 0 aliphatic rings. The number of carbonyl (C=O) groups is 1. The first-order chi connectivity index (χ1) is 10.8. The minimum atomic E-state index is -0.433. The van der Waals surface area contributed by atoms with Crippen LogP contribution >= 0.6 is 47.0 Å². The van der Waals surface area contributed by atoms with Crippen molar-refractivity contribution in [2.75, 3.05) is 5.32 Å². The van der Waals surface area contributed by atoms with Crippen LogP contribution in [0.4, 0.5) is 5.69 Å². The number of aromatic hydroxyl groups is 1. The lowest BCUT2D eigenvalue weighted by atomic mass is 10.1. The van der Waals surface area contributed by atoms with Crippen LogP contribution in [-0.2, 0) is 0 Å². The Balaban J connectivity index is 2.10. The van der Waals surface area contributed by atoms with Gasteiger partial charge in [-0.15, -0.1) is 0 Å². The lowest BCUT2D eigenvalue weighted by Gasteiger charge is -2.12. The fourth-order valence-electron chi connectivity index (χ4n) is 1.72. The van der Waals surface area contributed by atoms with Gasteiger partial charge in [0.2, 0.25) is 0 Å². The van der Waals surface area contributed by atoms with Crippen molar-refractivity contribution in [3.63, 3.8) is 0 Å². The summed E-state index contributed by atoms with van der Waals surface area (Å²) >= 11 is 22.7. The normalized spacial score (nSPS) is 10.3. The molecule has 4 nitrogen and oxygen atoms in total. The van der Waals surface area contributed by atoms with Crippen molar-refractivity contribution < 1.29 is 9.90 Å². The minimum Gasteiger partial charge on any atom is -0.504 e. The number of rotatable bonds is 2. The average molecular weight is 390 g/mol. The van der Waals surface area contributed by atoms with Gasteiger partial charge in [-0.25, -0.2) is 0 Å². The third-order valence-corrected chi connectivity index (χ3v) is 4.06. The Morgan fingerprint density at radius 1 is 1.13 bits per heavy atom. The van der Waals surface area contributed by atoms with Gasteiger partial charge in [0.25, 0.3) is 5.91 Å². The number of phenols is 1. The highest BCUT2D eigenvalue weighted by molar-refractivity contribution is 7.80. The number of anilines is 1. The van der Waals surface area contributed by atoms with Crippen molar-refractivity contribution in [3.05, 3.63) is 56.5 Å². The molecular formula is C15H11Cl3N2O2S. The van der Waals surface area contributed by atoms with E-state index in [2.05, 4.69) is 10.6 Å². The van der Waals surface area contributed by atoms with Gasteiger partial charge < -0.3 is 10.4 Å². The highest BCUT2D eigenvalue weighted by Gasteiger charge is 2.12. The molecule has 1 amide bonds. The maximum Gasteiger partial charge on any atom is 0.257 e. The topological polar surface area (TPSA) is 61.4 Å². The fourth-order valence-corrected chi connectivity index (χ4v) is 2.60. The predicted octanol–water partition coefficient (Wildman–Crippen LogP) is 4.79. The molecule has 2 aromatic rings. The lowest BCUT2D eigenvalue weighted by Crippen LogP contribution is -2.34. The number of hydrogen-bond acceptors (Lipinski definition) is 3. The Labute approximate surface area is 153 Å². The van der Waals surface area contributed by atoms with Gasteiger partial charge in [-0.2, -0.15) is 0 Å². The quantitative estimate of drug-likeness (QED) is 0.510. The number of thiocarbonyl (C=S) groups is 1. The first-order valence-electron chi connectivity index (χ1n) is 6.34. The highest BCUT2D eigenvalue weighted by Crippen LogP contribution is 2.34. The molecule has 0 bridgehead atoms. The zero-order valence-corrected chi connectivity index (χ0v) is 14.9. The standard InChI is InChI=1S/C15H11Cl3N2O2S/c1-7-2-3-8(4-10(7)17)14(22)20-15(23)19-12-6-9(16)5-11(18)13(12)21/h2-6,21H,1H3,(H2,19,20,22,23). The van der Waals surface area contributed by atoms with E-state index in [0.29, 0.717) is 15.6 Å². The smallest absolute Gasteiger partial charge is 0.257 e. The van der Waals surface area contributed by atoms with Crippen LogP contribution in [0.5, 0.6) is 5.75 Å². The average Bonchev–Trinajstić information content (AvgIpc) is 2.46. The van der Waals surface area contributed by atoms with Crippen LogP contribution in [0.15, 0.2) is 30.3 Å². The highest BCUT2D eigenvalue weighted by atomic mass is 35.5. The van der Waals surface area contributed by atoms with E-state index in [1.165, 1.54) is 12.1 Å². The van der Waals surface area contributed by atoms with Gasteiger partial charge in [-0.1, -0.05) is 40.9 Å². The Morgan fingerprint density at radius 3 is 2.48 bits per heavy atom. The van der Waals surface area contributed by atoms with Crippen molar-refractivity contribution in [3.8, 4) is 5.75 Å². The second-order valence-electron chi connectivity index (χ2n) is 4.66. The maximum atomic E-state index is 12.1. The van der Waals surface area contributed by atoms with Crippen LogP contribution in [0.1, 0.15) is 15.9 Å². The van der Waals surface area contributed by atoms with Crippen LogP contribution in [-0.4, -0.2) is 16.1 Å². The van der Waals surface area contributed by atoms with Gasteiger partial charge in [0.15, 0.2) is 10.9 Å². The van der Waals surface area contributed by atoms with Crippen molar-refractivity contribution in [2.45, 2.75) is 6.92 Å². The Kier molecular flexibility index (Phi) is 5.70. The van der Waals surface area contributed by atoms with Gasteiger partial charge in [-0.3, -0.25) is 10.1 Å². The zero-order chi connectivity index (χ0) is 17.1. The first kappa shape index (κ1) is 17.8. The molecule has 0 aliphatic heterocycles. The molecule has 2 rings (SSSR count). The Bertz CT molecular complexity index is 797. The maximum absolute atomic E-state index is 12.1. The number of halogens is 3. The van der Waals surface area contributed by atoms with E-state index in [0.717, 1.165) is 5.56 Å². The molecule has 0 fully saturated rings. The number of benzene rings is 2. The first-order valence-corrected chi connectivity index (χ1v) is 7.88. The molecule has 0 heterocycles. The van der Waals surface area contributed by atoms with Crippen LogP contribution < -0.4 is 10.6 Å².